The standard InChI is InChI=1S/C16H10ClF3N2O2S/c17-12-6-2-1-5-11(12)14(23)24-15(16(18,19)20)9-25-13(22-15)10-4-3-7-21-8-10/h1-8H,9H2. The van der Waals surface area contributed by atoms with Crippen molar-refractivity contribution in [3.05, 3.63) is 64.9 Å². The first-order valence-corrected chi connectivity index (χ1v) is 8.36. The second-order valence-corrected chi connectivity index (χ2v) is 6.47. The molecule has 0 saturated heterocycles. The van der Waals surface area contributed by atoms with Crippen molar-refractivity contribution in [1.82, 2.24) is 4.98 Å². The highest BCUT2D eigenvalue weighted by Gasteiger charge is 2.61. The van der Waals surface area contributed by atoms with Gasteiger partial charge in [0.15, 0.2) is 0 Å². The van der Waals surface area contributed by atoms with E-state index in [4.69, 9.17) is 16.3 Å². The highest BCUT2D eigenvalue weighted by atomic mass is 35.5. The van der Waals surface area contributed by atoms with Crippen molar-refractivity contribution in [3.63, 3.8) is 0 Å². The van der Waals surface area contributed by atoms with Crippen molar-refractivity contribution < 1.29 is 22.7 Å². The fourth-order valence-corrected chi connectivity index (χ4v) is 3.45. The molecular weight excluding hydrogens is 377 g/mol. The van der Waals surface area contributed by atoms with Crippen LogP contribution in [0.5, 0.6) is 0 Å². The number of aromatic nitrogens is 1. The zero-order valence-electron chi connectivity index (χ0n) is 12.5. The molecule has 1 aromatic carbocycles. The first-order valence-electron chi connectivity index (χ1n) is 7.00. The average molecular weight is 387 g/mol. The van der Waals surface area contributed by atoms with Crippen LogP contribution < -0.4 is 0 Å². The van der Waals surface area contributed by atoms with Crippen LogP contribution in [0, 0.1) is 0 Å². The summed E-state index contributed by atoms with van der Waals surface area (Å²) < 4.78 is 45.7. The topological polar surface area (TPSA) is 51.5 Å². The number of carbonyl (C=O) groups excluding carboxylic acids is 1. The molecule has 1 unspecified atom stereocenters. The molecule has 1 atom stereocenters. The maximum atomic E-state index is 13.6. The van der Waals surface area contributed by atoms with Crippen molar-refractivity contribution in [1.29, 1.82) is 0 Å². The van der Waals surface area contributed by atoms with E-state index in [1.54, 1.807) is 18.2 Å². The quantitative estimate of drug-likeness (QED) is 0.736. The Morgan fingerprint density at radius 3 is 2.64 bits per heavy atom. The number of hydrogen-bond donors (Lipinski definition) is 0. The third kappa shape index (κ3) is 3.50. The monoisotopic (exact) mass is 386 g/mol. The minimum atomic E-state index is -4.87. The lowest BCUT2D eigenvalue weighted by Gasteiger charge is -2.27. The van der Waals surface area contributed by atoms with Gasteiger partial charge >= 0.3 is 17.9 Å². The largest absolute Gasteiger partial charge is 0.451 e. The number of esters is 1. The van der Waals surface area contributed by atoms with Crippen molar-refractivity contribution >= 4 is 34.4 Å². The fraction of sp³-hybridized carbons (Fsp3) is 0.188. The molecule has 0 bridgehead atoms. The molecule has 25 heavy (non-hydrogen) atoms. The van der Waals surface area contributed by atoms with Gasteiger partial charge in [-0.05, 0) is 24.3 Å². The molecule has 1 aliphatic rings. The van der Waals surface area contributed by atoms with E-state index >= 15 is 0 Å². The van der Waals surface area contributed by atoms with Crippen LogP contribution in [0.4, 0.5) is 13.2 Å². The van der Waals surface area contributed by atoms with Crippen LogP contribution in [-0.2, 0) is 4.74 Å². The number of ether oxygens (including phenoxy) is 1. The van der Waals surface area contributed by atoms with Gasteiger partial charge in [0.2, 0.25) is 0 Å². The molecule has 0 aliphatic carbocycles. The van der Waals surface area contributed by atoms with Gasteiger partial charge in [0, 0.05) is 18.0 Å². The number of aliphatic imine (C=N–C) groups is 1. The Balaban J connectivity index is 1.95. The van der Waals surface area contributed by atoms with Gasteiger partial charge in [0.25, 0.3) is 0 Å². The van der Waals surface area contributed by atoms with Gasteiger partial charge in [-0.15, -0.1) is 0 Å². The molecule has 0 amide bonds. The number of nitrogens with zero attached hydrogens (tertiary/aromatic N) is 2. The normalized spacial score (nSPS) is 20.2. The van der Waals surface area contributed by atoms with E-state index in [9.17, 15) is 18.0 Å². The van der Waals surface area contributed by atoms with Crippen LogP contribution in [0.3, 0.4) is 0 Å². The number of hydrogen-bond acceptors (Lipinski definition) is 5. The lowest BCUT2D eigenvalue weighted by molar-refractivity contribution is -0.245. The van der Waals surface area contributed by atoms with Gasteiger partial charge in [-0.2, -0.15) is 13.2 Å². The summed E-state index contributed by atoms with van der Waals surface area (Å²) in [5.41, 5.74) is -2.69. The van der Waals surface area contributed by atoms with Crippen LogP contribution in [0.15, 0.2) is 53.8 Å². The molecule has 0 spiro atoms. The first-order chi connectivity index (χ1) is 11.8. The molecule has 0 saturated carbocycles. The second kappa shape index (κ2) is 6.68. The maximum absolute atomic E-state index is 13.6. The van der Waals surface area contributed by atoms with Crippen molar-refractivity contribution in [2.45, 2.75) is 11.9 Å². The molecule has 1 aliphatic heterocycles. The predicted molar refractivity (Wildman–Crippen MR) is 88.9 cm³/mol. The van der Waals surface area contributed by atoms with Crippen molar-refractivity contribution in [2.75, 3.05) is 5.75 Å². The summed E-state index contributed by atoms with van der Waals surface area (Å²) in [6.45, 7) is 0. The molecule has 3 rings (SSSR count). The summed E-state index contributed by atoms with van der Waals surface area (Å²) in [5, 5.41) is 0.115. The van der Waals surface area contributed by atoms with E-state index in [1.165, 1.54) is 30.6 Å². The molecule has 9 heteroatoms. The summed E-state index contributed by atoms with van der Waals surface area (Å²) in [7, 11) is 0. The molecule has 1 aromatic heterocycles. The Kier molecular flexibility index (Phi) is 4.75. The lowest BCUT2D eigenvalue weighted by Crippen LogP contribution is -2.48. The van der Waals surface area contributed by atoms with E-state index in [0.717, 1.165) is 11.8 Å². The summed E-state index contributed by atoms with van der Waals surface area (Å²) in [6, 6.07) is 8.90. The summed E-state index contributed by atoms with van der Waals surface area (Å²) in [4.78, 5) is 19.8. The SMILES string of the molecule is O=C(OC1(C(F)(F)F)CSC(c2cccnc2)=N1)c1ccccc1Cl. The minimum absolute atomic E-state index is 0.00642. The van der Waals surface area contributed by atoms with E-state index in [2.05, 4.69) is 9.98 Å². The Hall–Kier alpha value is -2.06. The molecular formula is C16H10ClF3N2O2S. The number of pyridine rings is 1. The average Bonchev–Trinajstić information content (AvgIpc) is 3.01. The number of carbonyl (C=O) groups is 1. The first kappa shape index (κ1) is 17.8. The predicted octanol–water partition coefficient (Wildman–Crippen LogP) is 4.34. The summed E-state index contributed by atoms with van der Waals surface area (Å²) in [6.07, 6.45) is -1.98. The molecule has 130 valence electrons. The van der Waals surface area contributed by atoms with E-state index in [-0.39, 0.29) is 15.6 Å². The van der Waals surface area contributed by atoms with Gasteiger partial charge in [-0.25, -0.2) is 9.79 Å². The second-order valence-electron chi connectivity index (χ2n) is 5.10. The molecule has 0 radical (unpaired) electrons. The maximum Gasteiger partial charge on any atom is 0.451 e. The summed E-state index contributed by atoms with van der Waals surface area (Å²) in [5.74, 6) is -1.75. The van der Waals surface area contributed by atoms with Crippen LogP contribution >= 0.6 is 23.4 Å². The van der Waals surface area contributed by atoms with Gasteiger partial charge in [0.05, 0.1) is 16.3 Å². The smallest absolute Gasteiger partial charge is 0.422 e. The molecule has 2 aromatic rings. The highest BCUT2D eigenvalue weighted by Crippen LogP contribution is 2.44. The van der Waals surface area contributed by atoms with E-state index in [0.29, 0.717) is 5.56 Å². The van der Waals surface area contributed by atoms with Gasteiger partial charge in [-0.1, -0.05) is 35.5 Å². The van der Waals surface area contributed by atoms with Crippen LogP contribution in [0.1, 0.15) is 15.9 Å². The Labute approximate surface area is 150 Å². The van der Waals surface area contributed by atoms with Crippen LogP contribution in [-0.4, -0.2) is 33.7 Å². The number of alkyl halides is 3. The lowest BCUT2D eigenvalue weighted by atomic mass is 10.2. The third-order valence-corrected chi connectivity index (χ3v) is 4.86. The molecule has 0 N–H and O–H groups in total. The minimum Gasteiger partial charge on any atom is -0.422 e. The van der Waals surface area contributed by atoms with E-state index in [1.807, 2.05) is 0 Å². The summed E-state index contributed by atoms with van der Waals surface area (Å²) >= 11 is 6.71. The Morgan fingerprint density at radius 1 is 1.24 bits per heavy atom. The Morgan fingerprint density at radius 2 is 2.00 bits per heavy atom. The third-order valence-electron chi connectivity index (χ3n) is 3.39. The molecule has 0 fully saturated rings. The van der Waals surface area contributed by atoms with Gasteiger partial charge in [0.1, 0.15) is 5.04 Å². The van der Waals surface area contributed by atoms with Crippen molar-refractivity contribution in [2.24, 2.45) is 4.99 Å². The zero-order valence-corrected chi connectivity index (χ0v) is 14.0. The molecule has 4 nitrogen and oxygen atoms in total. The Bertz CT molecular complexity index is 830. The molecule has 2 heterocycles. The highest BCUT2D eigenvalue weighted by molar-refractivity contribution is 8.14. The number of rotatable bonds is 3. The number of benzene rings is 1. The number of thioether (sulfide) groups is 1. The van der Waals surface area contributed by atoms with Crippen LogP contribution in [0.2, 0.25) is 5.02 Å². The fourth-order valence-electron chi connectivity index (χ4n) is 2.12. The number of halogens is 4. The van der Waals surface area contributed by atoms with Gasteiger partial charge in [-0.3, -0.25) is 4.98 Å². The van der Waals surface area contributed by atoms with E-state index < -0.39 is 23.6 Å². The zero-order chi connectivity index (χ0) is 18.1. The van der Waals surface area contributed by atoms with Crippen LogP contribution in [0.25, 0.3) is 0 Å². The van der Waals surface area contributed by atoms with Crippen molar-refractivity contribution in [3.8, 4) is 0 Å². The van der Waals surface area contributed by atoms with Gasteiger partial charge < -0.3 is 4.74 Å².